The first-order valence-corrected chi connectivity index (χ1v) is 9.84. The molecule has 0 saturated carbocycles. The minimum absolute atomic E-state index is 0.797. The smallest absolute Gasteiger partial charge is 0.119 e. The maximum absolute atomic E-state index is 5.82. The number of nitrogens with zero attached hydrogens (tertiary/aromatic N) is 1. The molecule has 2 aromatic rings. The molecule has 2 heteroatoms. The molecule has 0 aliphatic carbocycles. The molecule has 25 heavy (non-hydrogen) atoms. The van der Waals surface area contributed by atoms with Crippen LogP contribution in [0.4, 0.5) is 0 Å². The average molecular weight is 338 g/mol. The van der Waals surface area contributed by atoms with Crippen molar-refractivity contribution < 1.29 is 4.74 Å². The molecule has 2 aromatic carbocycles. The van der Waals surface area contributed by atoms with Crippen LogP contribution < -0.4 is 4.74 Å². The summed E-state index contributed by atoms with van der Waals surface area (Å²) in [5.74, 6) is 1.91. The van der Waals surface area contributed by atoms with Crippen LogP contribution in [0.1, 0.15) is 37.7 Å². The number of likely N-dealkylation sites (tertiary alicyclic amines) is 1. The second-order valence-corrected chi connectivity index (χ2v) is 7.18. The second-order valence-electron chi connectivity index (χ2n) is 7.18. The molecule has 1 fully saturated rings. The summed E-state index contributed by atoms with van der Waals surface area (Å²) >= 11 is 0. The summed E-state index contributed by atoms with van der Waals surface area (Å²) in [4.78, 5) is 2.56. The molecule has 1 saturated heterocycles. The van der Waals surface area contributed by atoms with E-state index in [4.69, 9.17) is 4.74 Å². The molecule has 1 heterocycles. The minimum atomic E-state index is 0.797. The van der Waals surface area contributed by atoms with Crippen molar-refractivity contribution in [2.45, 2.75) is 38.5 Å². The largest absolute Gasteiger partial charge is 0.492 e. The van der Waals surface area contributed by atoms with Crippen molar-refractivity contribution in [1.29, 1.82) is 0 Å². The maximum atomic E-state index is 5.82. The van der Waals surface area contributed by atoms with Crippen LogP contribution in [0.25, 0.3) is 0 Å². The molecule has 0 N–H and O–H groups in total. The molecule has 0 spiro atoms. The molecular weight excluding hydrogens is 306 g/mol. The van der Waals surface area contributed by atoms with Gasteiger partial charge >= 0.3 is 0 Å². The molecule has 1 aliphatic heterocycles. The number of ether oxygens (including phenoxy) is 1. The van der Waals surface area contributed by atoms with Crippen LogP contribution >= 0.6 is 0 Å². The van der Waals surface area contributed by atoms with Crippen LogP contribution in [0.15, 0.2) is 60.7 Å². The number of unbranched alkanes of at least 4 members (excludes halogenated alkanes) is 1. The molecule has 0 amide bonds. The summed E-state index contributed by atoms with van der Waals surface area (Å²) in [7, 11) is 0. The highest BCUT2D eigenvalue weighted by atomic mass is 16.5. The van der Waals surface area contributed by atoms with Crippen molar-refractivity contribution in [2.75, 3.05) is 26.2 Å². The third-order valence-corrected chi connectivity index (χ3v) is 5.30. The number of benzene rings is 2. The molecular formula is C23H31NO. The van der Waals surface area contributed by atoms with Crippen LogP contribution in [0.2, 0.25) is 0 Å². The highest BCUT2D eigenvalue weighted by Gasteiger charge is 2.18. The van der Waals surface area contributed by atoms with Gasteiger partial charge in [0.2, 0.25) is 0 Å². The molecule has 3 rings (SSSR count). The molecule has 2 nitrogen and oxygen atoms in total. The fraction of sp³-hybridized carbons (Fsp3) is 0.478. The van der Waals surface area contributed by atoms with Gasteiger partial charge < -0.3 is 4.74 Å². The summed E-state index contributed by atoms with van der Waals surface area (Å²) in [6.07, 6.45) is 8.05. The molecule has 0 radical (unpaired) electrons. The van der Waals surface area contributed by atoms with Gasteiger partial charge in [-0.2, -0.15) is 0 Å². The molecule has 0 aromatic heterocycles. The monoisotopic (exact) mass is 337 g/mol. The van der Waals surface area contributed by atoms with E-state index in [1.165, 1.54) is 57.2 Å². The Morgan fingerprint density at radius 1 is 0.840 bits per heavy atom. The lowest BCUT2D eigenvalue weighted by atomic mass is 9.91. The summed E-state index contributed by atoms with van der Waals surface area (Å²) in [6.45, 7) is 4.32. The van der Waals surface area contributed by atoms with Gasteiger partial charge in [-0.05, 0) is 62.4 Å². The van der Waals surface area contributed by atoms with E-state index in [9.17, 15) is 0 Å². The summed E-state index contributed by atoms with van der Waals surface area (Å²) < 4.78 is 5.82. The third kappa shape index (κ3) is 6.55. The van der Waals surface area contributed by atoms with Crippen molar-refractivity contribution in [2.24, 2.45) is 5.92 Å². The Morgan fingerprint density at radius 3 is 2.24 bits per heavy atom. The van der Waals surface area contributed by atoms with E-state index >= 15 is 0 Å². The summed E-state index contributed by atoms with van der Waals surface area (Å²) in [5.41, 5.74) is 1.48. The fourth-order valence-electron chi connectivity index (χ4n) is 3.71. The lowest BCUT2D eigenvalue weighted by Gasteiger charge is -2.31. The van der Waals surface area contributed by atoms with Gasteiger partial charge in [0.05, 0.1) is 0 Å². The van der Waals surface area contributed by atoms with E-state index < -0.39 is 0 Å². The number of rotatable bonds is 9. The van der Waals surface area contributed by atoms with Crippen LogP contribution in [0, 0.1) is 5.92 Å². The summed E-state index contributed by atoms with van der Waals surface area (Å²) in [6, 6.07) is 21.0. The average Bonchev–Trinajstić information content (AvgIpc) is 2.68. The van der Waals surface area contributed by atoms with Gasteiger partial charge in [0.25, 0.3) is 0 Å². The number of aryl methyl sites for hydroxylation is 1. The molecule has 0 bridgehead atoms. The van der Waals surface area contributed by atoms with Crippen molar-refractivity contribution in [3.05, 3.63) is 66.2 Å². The topological polar surface area (TPSA) is 12.5 Å². The van der Waals surface area contributed by atoms with Crippen LogP contribution in [0.5, 0.6) is 5.75 Å². The highest BCUT2D eigenvalue weighted by Crippen LogP contribution is 2.23. The first-order valence-electron chi connectivity index (χ1n) is 9.84. The van der Waals surface area contributed by atoms with E-state index in [2.05, 4.69) is 35.2 Å². The molecule has 1 aliphatic rings. The first kappa shape index (κ1) is 18.0. The third-order valence-electron chi connectivity index (χ3n) is 5.30. The highest BCUT2D eigenvalue weighted by molar-refractivity contribution is 5.20. The summed E-state index contributed by atoms with van der Waals surface area (Å²) in [5, 5.41) is 0. The van der Waals surface area contributed by atoms with Gasteiger partial charge in [-0.1, -0.05) is 61.4 Å². The maximum Gasteiger partial charge on any atom is 0.119 e. The van der Waals surface area contributed by atoms with Crippen molar-refractivity contribution >= 4 is 0 Å². The van der Waals surface area contributed by atoms with E-state index in [-0.39, 0.29) is 0 Å². The van der Waals surface area contributed by atoms with Crippen molar-refractivity contribution in [3.8, 4) is 5.75 Å². The van der Waals surface area contributed by atoms with Crippen molar-refractivity contribution in [1.82, 2.24) is 4.90 Å². The lowest BCUT2D eigenvalue weighted by Crippen LogP contribution is -2.36. The van der Waals surface area contributed by atoms with Crippen LogP contribution in [-0.4, -0.2) is 31.1 Å². The molecule has 0 atom stereocenters. The quantitative estimate of drug-likeness (QED) is 0.584. The van der Waals surface area contributed by atoms with E-state index in [1.807, 2.05) is 30.3 Å². The SMILES string of the molecule is c1ccc(CCCCC2CCN(CCOc3ccccc3)CC2)cc1. The number of piperidine rings is 1. The number of hydrogen-bond donors (Lipinski definition) is 0. The van der Waals surface area contributed by atoms with Gasteiger partial charge in [-0.15, -0.1) is 0 Å². The molecule has 0 unspecified atom stereocenters. The Bertz CT molecular complexity index is 576. The predicted molar refractivity (Wildman–Crippen MR) is 105 cm³/mol. The number of para-hydroxylation sites is 1. The van der Waals surface area contributed by atoms with Crippen LogP contribution in [-0.2, 0) is 6.42 Å². The Balaban J connectivity index is 1.23. The standard InChI is InChI=1S/C23H31NO/c1-3-9-21(10-4-1)11-7-8-12-22-15-17-24(18-16-22)19-20-25-23-13-5-2-6-14-23/h1-6,9-10,13-14,22H,7-8,11-12,15-20H2. The lowest BCUT2D eigenvalue weighted by molar-refractivity contribution is 0.150. The Labute approximate surface area is 152 Å². The van der Waals surface area contributed by atoms with Gasteiger partial charge in [0, 0.05) is 6.54 Å². The Morgan fingerprint density at radius 2 is 1.52 bits per heavy atom. The van der Waals surface area contributed by atoms with E-state index in [0.29, 0.717) is 0 Å². The fourth-order valence-corrected chi connectivity index (χ4v) is 3.71. The first-order chi connectivity index (χ1) is 12.4. The predicted octanol–water partition coefficient (Wildman–Crippen LogP) is 5.19. The van der Waals surface area contributed by atoms with Crippen molar-refractivity contribution in [3.63, 3.8) is 0 Å². The normalized spacial score (nSPS) is 16.0. The van der Waals surface area contributed by atoms with Crippen LogP contribution in [0.3, 0.4) is 0 Å². The van der Waals surface area contributed by atoms with Gasteiger partial charge in [-0.3, -0.25) is 4.90 Å². The Hall–Kier alpha value is -1.80. The minimum Gasteiger partial charge on any atom is -0.492 e. The van der Waals surface area contributed by atoms with Gasteiger partial charge in [0.15, 0.2) is 0 Å². The zero-order valence-electron chi connectivity index (χ0n) is 15.3. The van der Waals surface area contributed by atoms with E-state index in [0.717, 1.165) is 24.8 Å². The Kier molecular flexibility index (Phi) is 7.38. The number of hydrogen-bond acceptors (Lipinski definition) is 2. The van der Waals surface area contributed by atoms with Gasteiger partial charge in [-0.25, -0.2) is 0 Å². The zero-order chi connectivity index (χ0) is 17.2. The van der Waals surface area contributed by atoms with E-state index in [1.54, 1.807) is 0 Å². The molecule has 134 valence electrons. The zero-order valence-corrected chi connectivity index (χ0v) is 15.3. The second kappa shape index (κ2) is 10.2. The van der Waals surface area contributed by atoms with Gasteiger partial charge in [0.1, 0.15) is 12.4 Å².